The highest BCUT2D eigenvalue weighted by atomic mass is 31.2. The molecule has 0 radical (unpaired) electrons. The van der Waals surface area contributed by atoms with Crippen LogP contribution >= 0.6 is 7.82 Å². The number of fused-ring (bicyclic) bond motifs is 1. The zero-order valence-corrected chi connectivity index (χ0v) is 52.6. The van der Waals surface area contributed by atoms with E-state index in [1.807, 2.05) is 0 Å². The lowest BCUT2D eigenvalue weighted by molar-refractivity contribution is -0.144. The van der Waals surface area contributed by atoms with Gasteiger partial charge in [0.25, 0.3) is 0 Å². The minimum absolute atomic E-state index is 0.0963. The molecule has 12 amide bonds. The van der Waals surface area contributed by atoms with Crippen LogP contribution in [-0.2, 0) is 97.4 Å². The Kier molecular flexibility index (Phi) is 27.0. The van der Waals surface area contributed by atoms with Gasteiger partial charge in [0, 0.05) is 45.1 Å². The molecule has 0 aromatic heterocycles. The van der Waals surface area contributed by atoms with Crippen molar-refractivity contribution >= 4 is 90.6 Å². The number of phenolic OH excluding ortho intramolecular Hbond substituents is 1. The predicted octanol–water partition coefficient (Wildman–Crippen LogP) is -3.00. The number of aliphatic carboxylic acids is 2. The molecule has 2 fully saturated rings. The first-order chi connectivity index (χ1) is 45.4. The number of nitrogens with one attached hydrogen (secondary N) is 9. The third kappa shape index (κ3) is 23.6. The van der Waals surface area contributed by atoms with Crippen LogP contribution in [-0.4, -0.2) is 180 Å². The number of carbonyl (C=O) groups is 14. The number of carboxylic acid groups (broad SMARTS) is 2. The van der Waals surface area contributed by atoms with E-state index in [9.17, 15) is 96.8 Å². The molecule has 4 aromatic carbocycles. The van der Waals surface area contributed by atoms with Gasteiger partial charge in [0.05, 0.1) is 12.8 Å². The fourth-order valence-corrected chi connectivity index (χ4v) is 10.8. The number of phosphoric ester groups is 1. The lowest BCUT2D eigenvalue weighted by Crippen LogP contribution is -2.62. The third-order valence-electron chi connectivity index (χ3n) is 15.3. The molecule has 2 aliphatic heterocycles. The Morgan fingerprint density at radius 2 is 0.854 bits per heavy atom. The predicted molar refractivity (Wildman–Crippen MR) is 334 cm³/mol. The molecule has 96 heavy (non-hydrogen) atoms. The summed E-state index contributed by atoms with van der Waals surface area (Å²) in [7, 11) is -5.08. The van der Waals surface area contributed by atoms with Gasteiger partial charge in [-0.15, -0.1) is 0 Å². The van der Waals surface area contributed by atoms with E-state index in [1.54, 1.807) is 60.7 Å². The molecule has 0 bridgehead atoms. The summed E-state index contributed by atoms with van der Waals surface area (Å²) in [5.74, 6) is -17.3. The molecule has 6 rings (SSSR count). The van der Waals surface area contributed by atoms with Crippen molar-refractivity contribution in [3.05, 3.63) is 131 Å². The average molecular weight is 1360 g/mol. The molecule has 4 aromatic rings. The first-order valence-electron chi connectivity index (χ1n) is 30.2. The van der Waals surface area contributed by atoms with Crippen LogP contribution in [0.2, 0.25) is 0 Å². The summed E-state index contributed by atoms with van der Waals surface area (Å²) < 4.78 is 16.2. The number of primary amides is 2. The Hall–Kier alpha value is -10.8. The second-order valence-corrected chi connectivity index (χ2v) is 24.0. The van der Waals surface area contributed by atoms with Crippen LogP contribution in [0.25, 0.3) is 0 Å². The number of phenols is 1. The minimum atomic E-state index is -5.08. The summed E-state index contributed by atoms with van der Waals surface area (Å²) in [5.41, 5.74) is 12.4. The zero-order chi connectivity index (χ0) is 70.4. The molecule has 514 valence electrons. The van der Waals surface area contributed by atoms with Gasteiger partial charge in [0.2, 0.25) is 70.9 Å². The standard InChI is InChI=1S/C62H75N12O21P/c1-33-53(82)68-43(27-34-9-4-2-5-10-34)58(87)70-44(28-36-14-18-38(75)19-15-36)57(86)66-40(22-24-49(63)76)55(84)73-47(30-35-11-6-3-7-12-35)62(91)74-26-8-13-48(74)61(90)72-46(32-52(80)81)60(89)71-45(31-50(64)77)59(88)67-41(23-25-51(78)79)54(83)69-42(56(85)65-33)29-37-16-20-39(21-17-37)95-96(92,93)94/h2-7,9-12,14-21,33,40-48,75H,8,13,22-32H2,1H3,(H2,63,76)(H2,64,77)(H,65,85)(H,66,86)(H,67,88)(H,68,82)(H,69,83)(H,70,87)(H,71,89)(H,72,90)(H,73,84)(H,78,79)(H,80,81)(H2,92,93,94)/t33-,40-,41-,42-,43-,44-,45-,46-,47+,48-/m0/s1. The van der Waals surface area contributed by atoms with Gasteiger partial charge >= 0.3 is 19.8 Å². The quantitative estimate of drug-likeness (QED) is 0.0392. The van der Waals surface area contributed by atoms with E-state index in [-0.39, 0.29) is 55.7 Å². The fraction of sp³-hybridized carbons (Fsp3) is 0.387. The number of nitrogens with two attached hydrogens (primary N) is 2. The molecule has 0 saturated carbocycles. The number of nitrogens with zero attached hydrogens (tertiary/aromatic N) is 1. The van der Waals surface area contributed by atoms with Crippen LogP contribution in [0.15, 0.2) is 109 Å². The molecule has 0 unspecified atom stereocenters. The molecule has 33 nitrogen and oxygen atoms in total. The molecule has 2 saturated heterocycles. The van der Waals surface area contributed by atoms with Gasteiger partial charge in [0.1, 0.15) is 71.9 Å². The molecule has 2 aliphatic rings. The molecule has 34 heteroatoms. The van der Waals surface area contributed by atoms with Crippen molar-refractivity contribution in [2.24, 2.45) is 11.5 Å². The van der Waals surface area contributed by atoms with Crippen molar-refractivity contribution in [1.82, 2.24) is 52.8 Å². The van der Waals surface area contributed by atoms with Crippen molar-refractivity contribution < 1.29 is 101 Å². The van der Waals surface area contributed by atoms with Gasteiger partial charge in [-0.25, -0.2) is 4.57 Å². The summed E-state index contributed by atoms with van der Waals surface area (Å²) in [6.45, 7) is 1.03. The normalized spacial score (nSPS) is 23.3. The van der Waals surface area contributed by atoms with Gasteiger partial charge < -0.3 is 84.1 Å². The van der Waals surface area contributed by atoms with Crippen LogP contribution in [0.3, 0.4) is 0 Å². The number of aromatic hydroxyl groups is 1. The number of carboxylic acids is 2. The van der Waals surface area contributed by atoms with E-state index >= 15 is 0 Å². The highest BCUT2D eigenvalue weighted by molar-refractivity contribution is 7.46. The van der Waals surface area contributed by atoms with E-state index < -0.39 is 196 Å². The van der Waals surface area contributed by atoms with Crippen LogP contribution < -0.4 is 63.8 Å². The molecular weight excluding hydrogens is 1280 g/mol. The largest absolute Gasteiger partial charge is 0.524 e. The van der Waals surface area contributed by atoms with Crippen molar-refractivity contribution in [3.63, 3.8) is 0 Å². The van der Waals surface area contributed by atoms with Crippen LogP contribution in [0, 0.1) is 0 Å². The molecule has 10 atom stereocenters. The van der Waals surface area contributed by atoms with Crippen molar-refractivity contribution in [1.29, 1.82) is 0 Å². The lowest BCUT2D eigenvalue weighted by Gasteiger charge is -2.31. The van der Waals surface area contributed by atoms with E-state index in [0.717, 1.165) is 17.0 Å². The Morgan fingerprint density at radius 3 is 1.32 bits per heavy atom. The second kappa shape index (κ2) is 34.9. The monoisotopic (exact) mass is 1350 g/mol. The lowest BCUT2D eigenvalue weighted by atomic mass is 10.0. The number of hydrogen-bond acceptors (Lipinski definition) is 17. The van der Waals surface area contributed by atoms with Gasteiger partial charge in [-0.2, -0.15) is 0 Å². The maximum Gasteiger partial charge on any atom is 0.524 e. The Labute approximate surface area is 548 Å². The highest BCUT2D eigenvalue weighted by Crippen LogP contribution is 2.37. The first-order valence-corrected chi connectivity index (χ1v) is 31.7. The Morgan fingerprint density at radius 1 is 0.469 bits per heavy atom. The second-order valence-electron chi connectivity index (χ2n) is 22.8. The number of amides is 12. The third-order valence-corrected chi connectivity index (χ3v) is 15.7. The van der Waals surface area contributed by atoms with Crippen molar-refractivity contribution in [3.8, 4) is 11.5 Å². The first kappa shape index (κ1) is 74.3. The number of rotatable bonds is 20. The van der Waals surface area contributed by atoms with Crippen molar-refractivity contribution in [2.75, 3.05) is 6.54 Å². The summed E-state index contributed by atoms with van der Waals surface area (Å²) >= 11 is 0. The van der Waals surface area contributed by atoms with Crippen LogP contribution in [0.5, 0.6) is 11.5 Å². The van der Waals surface area contributed by atoms with Gasteiger partial charge in [-0.3, -0.25) is 76.9 Å². The smallest absolute Gasteiger partial charge is 0.508 e. The van der Waals surface area contributed by atoms with Gasteiger partial charge in [0.15, 0.2) is 0 Å². The number of carbonyl (C=O) groups excluding carboxylic acids is 12. The summed E-state index contributed by atoms with van der Waals surface area (Å²) in [6.07, 6.45) is -6.26. The topological polar surface area (TPSA) is 530 Å². The number of hydrogen-bond donors (Lipinski definition) is 16. The highest BCUT2D eigenvalue weighted by Gasteiger charge is 2.42. The maximum atomic E-state index is 14.9. The minimum Gasteiger partial charge on any atom is -0.508 e. The molecule has 18 N–H and O–H groups in total. The SMILES string of the molecule is C[C@@H]1NC(=O)[C@H](Cc2ccc(OP(=O)(O)O)cc2)NC(=O)[C@H](CCC(=O)O)NC(=O)[C@H](CC(N)=O)NC(=O)[C@H](CC(=O)O)NC(=O)[C@@H]2CCCN2C(=O)[C@@H](Cc2ccccc2)NC(=O)[C@H](CCC(N)=O)NC(=O)[C@H](Cc2ccc(O)cc2)NC(=O)[C@H](Cc2ccccc2)NC1=O. The summed E-state index contributed by atoms with van der Waals surface area (Å²) in [5, 5.41) is 51.7. The summed E-state index contributed by atoms with van der Waals surface area (Å²) in [4.78, 5) is 214. The Balaban J connectivity index is 1.46. The fourth-order valence-electron chi connectivity index (χ4n) is 10.4. The van der Waals surface area contributed by atoms with E-state index in [4.69, 9.17) is 11.5 Å². The van der Waals surface area contributed by atoms with Gasteiger partial charge in [-0.05, 0) is 79.1 Å². The van der Waals surface area contributed by atoms with E-state index in [1.165, 1.54) is 43.3 Å². The number of benzene rings is 4. The molecule has 0 aliphatic carbocycles. The van der Waals surface area contributed by atoms with E-state index in [0.29, 0.717) is 16.7 Å². The zero-order valence-electron chi connectivity index (χ0n) is 51.7. The van der Waals surface area contributed by atoms with Crippen LogP contribution in [0.4, 0.5) is 0 Å². The molecule has 0 spiro atoms. The molecular formula is C62H75N12O21P. The maximum absolute atomic E-state index is 14.9. The van der Waals surface area contributed by atoms with Crippen molar-refractivity contribution in [2.45, 2.75) is 144 Å². The average Bonchev–Trinajstić information content (AvgIpc) is 1.56. The van der Waals surface area contributed by atoms with Gasteiger partial charge in [-0.1, -0.05) is 84.9 Å². The van der Waals surface area contributed by atoms with Crippen LogP contribution in [0.1, 0.15) is 80.5 Å². The van der Waals surface area contributed by atoms with E-state index in [2.05, 4.69) is 52.4 Å². The number of phosphoric acid groups is 1. The molecule has 2 heterocycles. The summed E-state index contributed by atoms with van der Waals surface area (Å²) in [6, 6.07) is 8.79. The Bertz CT molecular complexity index is 3560.